The molecule has 0 unspecified atom stereocenters. The maximum atomic E-state index is 13.7. The van der Waals surface area contributed by atoms with Crippen LogP contribution in [0.3, 0.4) is 0 Å². The number of carbonyl (C=O) groups excluding carboxylic acids is 2. The zero-order valence-electron chi connectivity index (χ0n) is 15.0. The number of hydrogen-bond acceptors (Lipinski definition) is 3. The van der Waals surface area contributed by atoms with Crippen molar-refractivity contribution in [2.24, 2.45) is 0 Å². The van der Waals surface area contributed by atoms with Gasteiger partial charge in [0.1, 0.15) is 11.6 Å². The number of rotatable bonds is 7. The average molecular weight is 380 g/mol. The number of ketones is 1. The minimum Gasteiger partial charge on any atom is -0.457 e. The Kier molecular flexibility index (Phi) is 6.27. The number of Topliss-reactive ketones (excluding diaryl/α,β-unsaturated/α-hetero) is 1. The average Bonchev–Trinajstić information content (AvgIpc) is 2.73. The van der Waals surface area contributed by atoms with Crippen molar-refractivity contribution in [2.45, 2.75) is 12.3 Å². The summed E-state index contributed by atoms with van der Waals surface area (Å²) in [5.74, 6) is -3.21. The third-order valence-electron chi connectivity index (χ3n) is 4.37. The second-order valence-electron chi connectivity index (χ2n) is 6.29. The van der Waals surface area contributed by atoms with E-state index in [1.807, 2.05) is 60.7 Å². The first-order chi connectivity index (χ1) is 13.5. The number of halogens is 2. The molecule has 0 amide bonds. The second kappa shape index (κ2) is 9.04. The summed E-state index contributed by atoms with van der Waals surface area (Å²) in [5, 5.41) is 0. The van der Waals surface area contributed by atoms with E-state index in [2.05, 4.69) is 0 Å². The fourth-order valence-electron chi connectivity index (χ4n) is 2.96. The summed E-state index contributed by atoms with van der Waals surface area (Å²) in [7, 11) is 0. The van der Waals surface area contributed by atoms with Crippen molar-refractivity contribution in [2.75, 3.05) is 6.61 Å². The molecule has 142 valence electrons. The molecule has 3 aromatic rings. The maximum absolute atomic E-state index is 13.7. The molecule has 28 heavy (non-hydrogen) atoms. The maximum Gasteiger partial charge on any atom is 0.307 e. The Morgan fingerprint density at radius 3 is 1.96 bits per heavy atom. The normalized spacial score (nSPS) is 10.7. The highest BCUT2D eigenvalue weighted by Gasteiger charge is 2.21. The predicted octanol–water partition coefficient (Wildman–Crippen LogP) is 4.91. The van der Waals surface area contributed by atoms with Gasteiger partial charge >= 0.3 is 5.97 Å². The molecule has 5 heteroatoms. The van der Waals surface area contributed by atoms with E-state index in [0.29, 0.717) is 0 Å². The minimum absolute atomic E-state index is 0.0208. The molecule has 0 radical (unpaired) electrons. The first kappa shape index (κ1) is 19.4. The molecule has 0 aliphatic rings. The van der Waals surface area contributed by atoms with Gasteiger partial charge in [-0.25, -0.2) is 8.78 Å². The molecule has 0 aliphatic carbocycles. The van der Waals surface area contributed by atoms with E-state index >= 15 is 0 Å². The number of benzene rings is 3. The van der Waals surface area contributed by atoms with E-state index in [9.17, 15) is 18.4 Å². The Bertz CT molecular complexity index is 917. The van der Waals surface area contributed by atoms with Crippen LogP contribution in [0.1, 0.15) is 33.8 Å². The van der Waals surface area contributed by atoms with Crippen molar-refractivity contribution in [1.82, 2.24) is 0 Å². The van der Waals surface area contributed by atoms with Crippen LogP contribution in [0.2, 0.25) is 0 Å². The zero-order valence-corrected chi connectivity index (χ0v) is 15.0. The molecule has 0 aromatic heterocycles. The van der Waals surface area contributed by atoms with Gasteiger partial charge in [-0.1, -0.05) is 60.7 Å². The molecule has 3 nitrogen and oxygen atoms in total. The van der Waals surface area contributed by atoms with E-state index in [1.54, 1.807) is 0 Å². The van der Waals surface area contributed by atoms with Gasteiger partial charge < -0.3 is 4.74 Å². The largest absolute Gasteiger partial charge is 0.457 e. The van der Waals surface area contributed by atoms with Crippen molar-refractivity contribution in [3.05, 3.63) is 107 Å². The van der Waals surface area contributed by atoms with Crippen LogP contribution < -0.4 is 0 Å². The quantitative estimate of drug-likeness (QED) is 0.432. The molecule has 0 saturated heterocycles. The first-order valence-electron chi connectivity index (χ1n) is 8.78. The van der Waals surface area contributed by atoms with E-state index in [-0.39, 0.29) is 12.3 Å². The molecule has 0 N–H and O–H groups in total. The van der Waals surface area contributed by atoms with Crippen molar-refractivity contribution in [3.8, 4) is 0 Å². The Labute approximate surface area is 161 Å². The lowest BCUT2D eigenvalue weighted by Crippen LogP contribution is -2.17. The van der Waals surface area contributed by atoms with Crippen LogP contribution >= 0.6 is 0 Å². The number of esters is 1. The van der Waals surface area contributed by atoms with Crippen LogP contribution in [0.4, 0.5) is 8.78 Å². The third-order valence-corrected chi connectivity index (χ3v) is 4.37. The lowest BCUT2D eigenvalue weighted by atomic mass is 9.89. The minimum atomic E-state index is -0.853. The highest BCUT2D eigenvalue weighted by atomic mass is 19.1. The molecule has 0 heterocycles. The Morgan fingerprint density at radius 2 is 1.39 bits per heavy atom. The van der Waals surface area contributed by atoms with Crippen molar-refractivity contribution < 1.29 is 23.1 Å². The molecule has 0 aliphatic heterocycles. The van der Waals surface area contributed by atoms with Crippen LogP contribution in [-0.4, -0.2) is 18.4 Å². The molecule has 0 saturated carbocycles. The smallest absolute Gasteiger partial charge is 0.307 e. The molecule has 3 aromatic carbocycles. The highest BCUT2D eigenvalue weighted by molar-refractivity contribution is 5.98. The lowest BCUT2D eigenvalue weighted by Gasteiger charge is -2.17. The summed E-state index contributed by atoms with van der Waals surface area (Å²) >= 11 is 0. The van der Waals surface area contributed by atoms with Crippen molar-refractivity contribution in [1.29, 1.82) is 0 Å². The monoisotopic (exact) mass is 380 g/mol. The molecule has 0 fully saturated rings. The first-order valence-corrected chi connectivity index (χ1v) is 8.78. The SMILES string of the molecule is O=C(CC(c1ccccc1)c1ccccc1)OCC(=O)c1cc(F)ccc1F. The molecule has 0 bridgehead atoms. The van der Waals surface area contributed by atoms with E-state index in [4.69, 9.17) is 4.74 Å². The van der Waals surface area contributed by atoms with Crippen LogP contribution in [-0.2, 0) is 9.53 Å². The molecular formula is C23H18F2O3. The summed E-state index contributed by atoms with van der Waals surface area (Å²) in [6, 6.07) is 21.5. The van der Waals surface area contributed by atoms with Gasteiger partial charge in [0, 0.05) is 5.92 Å². The molecular weight excluding hydrogens is 362 g/mol. The zero-order chi connectivity index (χ0) is 19.9. The third kappa shape index (κ3) is 4.88. The van der Waals surface area contributed by atoms with Crippen molar-refractivity contribution in [3.63, 3.8) is 0 Å². The fraction of sp³-hybridized carbons (Fsp3) is 0.130. The highest BCUT2D eigenvalue weighted by Crippen LogP contribution is 2.28. The molecule has 0 atom stereocenters. The summed E-state index contributed by atoms with van der Waals surface area (Å²) in [6.07, 6.45) is 0.0208. The number of hydrogen-bond donors (Lipinski definition) is 0. The van der Waals surface area contributed by atoms with Gasteiger partial charge in [0.2, 0.25) is 5.78 Å². The standard InChI is InChI=1S/C23H18F2O3/c24-18-11-12-21(25)20(13-18)22(26)15-28-23(27)14-19(16-7-3-1-4-8-16)17-9-5-2-6-10-17/h1-13,19H,14-15H2. The van der Waals surface area contributed by atoms with Gasteiger partial charge in [-0.2, -0.15) is 0 Å². The molecule has 0 spiro atoms. The van der Waals surface area contributed by atoms with E-state index in [0.717, 1.165) is 29.3 Å². The predicted molar refractivity (Wildman–Crippen MR) is 101 cm³/mol. The summed E-state index contributed by atoms with van der Waals surface area (Å²) < 4.78 is 31.9. The Morgan fingerprint density at radius 1 is 0.821 bits per heavy atom. The topological polar surface area (TPSA) is 43.4 Å². The van der Waals surface area contributed by atoms with Gasteiger partial charge in [-0.3, -0.25) is 9.59 Å². The Balaban J connectivity index is 1.69. The van der Waals surface area contributed by atoms with Crippen LogP contribution in [0.25, 0.3) is 0 Å². The van der Waals surface area contributed by atoms with Gasteiger partial charge in [0.05, 0.1) is 12.0 Å². The lowest BCUT2D eigenvalue weighted by molar-refractivity contribution is -0.142. The van der Waals surface area contributed by atoms with Crippen LogP contribution in [0, 0.1) is 11.6 Å². The van der Waals surface area contributed by atoms with E-state index < -0.39 is 35.6 Å². The van der Waals surface area contributed by atoms with Gasteiger partial charge in [-0.15, -0.1) is 0 Å². The number of carbonyl (C=O) groups is 2. The van der Waals surface area contributed by atoms with E-state index in [1.165, 1.54) is 0 Å². The van der Waals surface area contributed by atoms with Gasteiger partial charge in [0.25, 0.3) is 0 Å². The van der Waals surface area contributed by atoms with Crippen LogP contribution in [0.5, 0.6) is 0 Å². The Hall–Kier alpha value is -3.34. The van der Waals surface area contributed by atoms with Gasteiger partial charge in [0.15, 0.2) is 6.61 Å². The summed E-state index contributed by atoms with van der Waals surface area (Å²) in [5.41, 5.74) is 1.44. The van der Waals surface area contributed by atoms with Crippen LogP contribution in [0.15, 0.2) is 78.9 Å². The van der Waals surface area contributed by atoms with Gasteiger partial charge in [-0.05, 0) is 29.3 Å². The fourth-order valence-corrected chi connectivity index (χ4v) is 2.96. The second-order valence-corrected chi connectivity index (χ2v) is 6.29. The summed E-state index contributed by atoms with van der Waals surface area (Å²) in [6.45, 7) is -0.643. The molecule has 3 rings (SSSR count). The number of ether oxygens (including phenoxy) is 1. The van der Waals surface area contributed by atoms with Crippen molar-refractivity contribution >= 4 is 11.8 Å². The summed E-state index contributed by atoms with van der Waals surface area (Å²) in [4.78, 5) is 24.4.